The van der Waals surface area contributed by atoms with E-state index in [2.05, 4.69) is 0 Å². The molecule has 1 fully saturated rings. The average Bonchev–Trinajstić information content (AvgIpc) is 2.72. The molecule has 0 aromatic heterocycles. The third-order valence-corrected chi connectivity index (χ3v) is 3.24. The van der Waals surface area contributed by atoms with Crippen LogP contribution in [-0.2, 0) is 6.54 Å². The molecular weight excluding hydrogens is 238 g/mol. The van der Waals surface area contributed by atoms with Crippen molar-refractivity contribution in [1.29, 1.82) is 5.26 Å². The van der Waals surface area contributed by atoms with Gasteiger partial charge in [-0.05, 0) is 18.6 Å². The molecule has 1 heterocycles. The van der Waals surface area contributed by atoms with Crippen molar-refractivity contribution in [2.24, 2.45) is 0 Å². The van der Waals surface area contributed by atoms with Gasteiger partial charge in [-0.2, -0.15) is 5.26 Å². The lowest BCUT2D eigenvalue weighted by Crippen LogP contribution is -2.32. The number of alkyl halides is 1. The van der Waals surface area contributed by atoms with Crippen LogP contribution in [0.25, 0.3) is 0 Å². The van der Waals surface area contributed by atoms with E-state index in [0.717, 1.165) is 0 Å². The lowest BCUT2D eigenvalue weighted by molar-refractivity contribution is 0.152. The van der Waals surface area contributed by atoms with Crippen molar-refractivity contribution in [3.05, 3.63) is 35.1 Å². The highest BCUT2D eigenvalue weighted by molar-refractivity contribution is 5.32. The molecule has 0 aliphatic carbocycles. The molecule has 1 aromatic carbocycles. The van der Waals surface area contributed by atoms with Gasteiger partial charge in [-0.15, -0.1) is 0 Å². The predicted molar refractivity (Wildman–Crippen MR) is 61.9 cm³/mol. The third-order valence-electron chi connectivity index (χ3n) is 3.24. The summed E-state index contributed by atoms with van der Waals surface area (Å²) in [4.78, 5) is 1.73. The minimum Gasteiger partial charge on any atom is -0.395 e. The Labute approximate surface area is 104 Å². The van der Waals surface area contributed by atoms with Gasteiger partial charge in [0.2, 0.25) is 0 Å². The molecule has 0 bridgehead atoms. The van der Waals surface area contributed by atoms with Crippen LogP contribution in [0.1, 0.15) is 17.5 Å². The number of aliphatic hydroxyl groups excluding tert-OH is 1. The second kappa shape index (κ2) is 5.42. The third kappa shape index (κ3) is 2.66. The van der Waals surface area contributed by atoms with Crippen molar-refractivity contribution in [1.82, 2.24) is 4.90 Å². The van der Waals surface area contributed by atoms with Crippen LogP contribution in [0.2, 0.25) is 0 Å². The first-order valence-electron chi connectivity index (χ1n) is 5.81. The number of nitriles is 1. The highest BCUT2D eigenvalue weighted by Crippen LogP contribution is 2.23. The number of hydrogen-bond donors (Lipinski definition) is 1. The lowest BCUT2D eigenvalue weighted by Gasteiger charge is -2.22. The fourth-order valence-corrected chi connectivity index (χ4v) is 2.27. The van der Waals surface area contributed by atoms with E-state index >= 15 is 0 Å². The summed E-state index contributed by atoms with van der Waals surface area (Å²) in [7, 11) is 0. The van der Waals surface area contributed by atoms with E-state index in [-0.39, 0.29) is 37.7 Å². The molecule has 0 amide bonds. The molecule has 1 aromatic rings. The number of hydrogen-bond acceptors (Lipinski definition) is 3. The summed E-state index contributed by atoms with van der Waals surface area (Å²) in [6.07, 6.45) is -0.683. The van der Waals surface area contributed by atoms with Gasteiger partial charge < -0.3 is 5.11 Å². The first-order chi connectivity index (χ1) is 8.63. The fraction of sp³-hybridized carbons (Fsp3) is 0.462. The summed E-state index contributed by atoms with van der Waals surface area (Å²) in [6, 6.07) is 5.85. The van der Waals surface area contributed by atoms with Crippen LogP contribution in [-0.4, -0.2) is 35.4 Å². The molecule has 1 aliphatic rings. The highest BCUT2D eigenvalue weighted by Gasteiger charge is 2.31. The molecule has 0 unspecified atom stereocenters. The summed E-state index contributed by atoms with van der Waals surface area (Å²) < 4.78 is 26.9. The lowest BCUT2D eigenvalue weighted by atomic mass is 10.1. The number of aliphatic hydroxyl groups is 1. The van der Waals surface area contributed by atoms with Crippen molar-refractivity contribution in [3.63, 3.8) is 0 Å². The van der Waals surface area contributed by atoms with Crippen molar-refractivity contribution >= 4 is 0 Å². The molecule has 96 valence electrons. The van der Waals surface area contributed by atoms with Crippen molar-refractivity contribution in [3.8, 4) is 6.07 Å². The van der Waals surface area contributed by atoms with Gasteiger partial charge in [0.05, 0.1) is 18.2 Å². The SMILES string of the molecule is N#Cc1ccc(CN2C[C@@H](F)C[C@H]2CO)c(F)c1. The Kier molecular flexibility index (Phi) is 3.90. The van der Waals surface area contributed by atoms with Crippen LogP contribution in [0.5, 0.6) is 0 Å². The van der Waals surface area contributed by atoms with Crippen LogP contribution in [0.15, 0.2) is 18.2 Å². The van der Waals surface area contributed by atoms with Crippen molar-refractivity contribution < 1.29 is 13.9 Å². The van der Waals surface area contributed by atoms with Gasteiger partial charge in [-0.1, -0.05) is 6.07 Å². The van der Waals surface area contributed by atoms with Crippen LogP contribution in [0.4, 0.5) is 8.78 Å². The normalized spacial score (nSPS) is 24.1. The number of rotatable bonds is 3. The maximum atomic E-state index is 13.7. The number of likely N-dealkylation sites (tertiary alicyclic amines) is 1. The predicted octanol–water partition coefficient (Wildman–Crippen LogP) is 1.60. The standard InChI is InChI=1S/C13H14F2N2O/c14-11-4-12(8-18)17(7-11)6-10-2-1-9(5-16)3-13(10)15/h1-3,11-12,18H,4,6-8H2/t11-,12-/m0/s1. The van der Waals surface area contributed by atoms with E-state index in [1.165, 1.54) is 18.2 Å². The van der Waals surface area contributed by atoms with Gasteiger partial charge in [0, 0.05) is 24.7 Å². The Hall–Kier alpha value is -1.51. The zero-order valence-electron chi connectivity index (χ0n) is 9.81. The van der Waals surface area contributed by atoms with Gasteiger partial charge in [0.15, 0.2) is 0 Å². The van der Waals surface area contributed by atoms with E-state index in [1.54, 1.807) is 4.90 Å². The molecule has 0 saturated carbocycles. The summed E-state index contributed by atoms with van der Waals surface area (Å²) in [5, 5.41) is 17.8. The summed E-state index contributed by atoms with van der Waals surface area (Å²) in [6.45, 7) is 0.339. The minimum atomic E-state index is -0.969. The quantitative estimate of drug-likeness (QED) is 0.889. The van der Waals surface area contributed by atoms with Crippen molar-refractivity contribution in [2.75, 3.05) is 13.2 Å². The van der Waals surface area contributed by atoms with Crippen LogP contribution in [0.3, 0.4) is 0 Å². The summed E-state index contributed by atoms with van der Waals surface area (Å²) in [5.74, 6) is -0.465. The Morgan fingerprint density at radius 3 is 2.89 bits per heavy atom. The van der Waals surface area contributed by atoms with E-state index in [9.17, 15) is 8.78 Å². The van der Waals surface area contributed by atoms with E-state index in [4.69, 9.17) is 10.4 Å². The molecular formula is C13H14F2N2O. The van der Waals surface area contributed by atoms with Gasteiger partial charge in [0.25, 0.3) is 0 Å². The molecule has 1 N–H and O–H groups in total. The van der Waals surface area contributed by atoms with Gasteiger partial charge in [-0.25, -0.2) is 8.78 Å². The Morgan fingerprint density at radius 2 is 2.28 bits per heavy atom. The second-order valence-electron chi connectivity index (χ2n) is 4.52. The topological polar surface area (TPSA) is 47.3 Å². The van der Waals surface area contributed by atoms with E-state index < -0.39 is 12.0 Å². The summed E-state index contributed by atoms with van der Waals surface area (Å²) in [5.41, 5.74) is 0.682. The molecule has 2 rings (SSSR count). The van der Waals surface area contributed by atoms with Crippen LogP contribution in [0, 0.1) is 17.1 Å². The number of benzene rings is 1. The maximum absolute atomic E-state index is 13.7. The maximum Gasteiger partial charge on any atom is 0.129 e. The zero-order valence-corrected chi connectivity index (χ0v) is 9.81. The van der Waals surface area contributed by atoms with Gasteiger partial charge in [0.1, 0.15) is 12.0 Å². The fourth-order valence-electron chi connectivity index (χ4n) is 2.27. The molecule has 5 heteroatoms. The Bertz CT molecular complexity index is 473. The molecule has 0 spiro atoms. The highest BCUT2D eigenvalue weighted by atomic mass is 19.1. The van der Waals surface area contributed by atoms with Gasteiger partial charge in [-0.3, -0.25) is 4.90 Å². The van der Waals surface area contributed by atoms with Crippen LogP contribution >= 0.6 is 0 Å². The molecule has 1 aliphatic heterocycles. The summed E-state index contributed by atoms with van der Waals surface area (Å²) >= 11 is 0. The molecule has 0 radical (unpaired) electrons. The molecule has 3 nitrogen and oxygen atoms in total. The second-order valence-corrected chi connectivity index (χ2v) is 4.52. The van der Waals surface area contributed by atoms with E-state index in [1.807, 2.05) is 6.07 Å². The van der Waals surface area contributed by atoms with Gasteiger partial charge >= 0.3 is 0 Å². The molecule has 1 saturated heterocycles. The smallest absolute Gasteiger partial charge is 0.129 e. The Balaban J connectivity index is 2.12. The largest absolute Gasteiger partial charge is 0.395 e. The number of halogens is 2. The number of nitrogens with zero attached hydrogens (tertiary/aromatic N) is 2. The molecule has 2 atom stereocenters. The molecule has 18 heavy (non-hydrogen) atoms. The van der Waals surface area contributed by atoms with Crippen LogP contribution < -0.4 is 0 Å². The monoisotopic (exact) mass is 252 g/mol. The Morgan fingerprint density at radius 1 is 1.50 bits per heavy atom. The first kappa shape index (κ1) is 12.9. The van der Waals surface area contributed by atoms with Crippen molar-refractivity contribution in [2.45, 2.75) is 25.2 Å². The zero-order chi connectivity index (χ0) is 13.1. The average molecular weight is 252 g/mol. The van der Waals surface area contributed by atoms with E-state index in [0.29, 0.717) is 5.56 Å². The first-order valence-corrected chi connectivity index (χ1v) is 5.81. The minimum absolute atomic E-state index is 0.127.